The van der Waals surface area contributed by atoms with Crippen LogP contribution in [-0.2, 0) is 36.4 Å². The van der Waals surface area contributed by atoms with Crippen LogP contribution < -0.4 is 0 Å². The van der Waals surface area contributed by atoms with Crippen LogP contribution in [-0.4, -0.2) is 19.9 Å². The molecule has 0 saturated carbocycles. The Kier molecular flexibility index (Phi) is 10.8. The van der Waals surface area contributed by atoms with E-state index in [4.69, 9.17) is 22.6 Å². The van der Waals surface area contributed by atoms with E-state index in [-0.39, 0.29) is 47.6 Å². The minimum Gasteiger partial charge on any atom is -0.498 e. The quantitative estimate of drug-likeness (QED) is 0.161. The monoisotopic (exact) mass is 989 g/mol. The van der Waals surface area contributed by atoms with Crippen molar-refractivity contribution in [2.24, 2.45) is 0 Å². The Morgan fingerprint density at radius 2 is 1.36 bits per heavy atom. The molecule has 315 valence electrons. The second kappa shape index (κ2) is 17.6. The Hall–Kier alpha value is -5.29. The van der Waals surface area contributed by atoms with Gasteiger partial charge < -0.3 is 9.40 Å². The fraction of sp³-hybridized carbons (Fsp3) is 0.309. The van der Waals surface area contributed by atoms with E-state index in [1.54, 1.807) is 12.1 Å². The average molecular weight is 989 g/mol. The van der Waals surface area contributed by atoms with E-state index < -0.39 is 13.7 Å². The topological polar surface area (TPSA) is 64.7 Å². The molecule has 4 aromatic heterocycles. The molecule has 0 aliphatic rings. The fourth-order valence-corrected chi connectivity index (χ4v) is 7.26. The van der Waals surface area contributed by atoms with Gasteiger partial charge in [0.25, 0.3) is 0 Å². The Morgan fingerprint density at radius 1 is 0.656 bits per heavy atom. The number of aromatic nitrogens is 4. The van der Waals surface area contributed by atoms with E-state index in [1.165, 1.54) is 5.56 Å². The van der Waals surface area contributed by atoms with Crippen LogP contribution in [0.3, 0.4) is 0 Å². The van der Waals surface area contributed by atoms with E-state index in [2.05, 4.69) is 116 Å². The molecule has 1 radical (unpaired) electrons. The first-order valence-electron chi connectivity index (χ1n) is 23.6. The van der Waals surface area contributed by atoms with Crippen molar-refractivity contribution in [3.05, 3.63) is 155 Å². The Labute approximate surface area is 385 Å². The first-order chi connectivity index (χ1) is 30.7. The van der Waals surface area contributed by atoms with E-state index in [0.717, 1.165) is 44.6 Å². The van der Waals surface area contributed by atoms with Gasteiger partial charge in [-0.05, 0) is 57.6 Å². The van der Waals surface area contributed by atoms with Gasteiger partial charge in [-0.3, -0.25) is 9.97 Å². The molecule has 8 rings (SSSR count). The third kappa shape index (κ3) is 9.77. The molecule has 0 unspecified atom stereocenters. The summed E-state index contributed by atoms with van der Waals surface area (Å²) in [6.07, 6.45) is 3.78. The standard InChI is InChI=1S/C31H31N2O.C24H27N2.Ir/c1-19-17-25-23-9-8-10-24(26-16-15-22(18-32-26)31(5,6)7)28(23)34-29(25)27(33-19)20-11-13-21(14-12-20)30(2,3)4;1-16(2)21-15-25-23(26-22(21)24(4,5)6)19-13-12-17(3)20(14-19)18-10-8-7-9-11-18;/h8-9,11-18H,1-7H3;7-12,14-16H,1-6H3;/q2*-1;/i1D3;3D3;. The van der Waals surface area contributed by atoms with E-state index in [1.807, 2.05) is 79.1 Å². The molecule has 0 N–H and O–H groups in total. The summed E-state index contributed by atoms with van der Waals surface area (Å²) in [7, 11) is 0. The molecule has 61 heavy (non-hydrogen) atoms. The molecule has 5 nitrogen and oxygen atoms in total. The fourth-order valence-electron chi connectivity index (χ4n) is 7.26. The zero-order valence-corrected chi connectivity index (χ0v) is 39.4. The van der Waals surface area contributed by atoms with E-state index in [9.17, 15) is 0 Å². The van der Waals surface area contributed by atoms with Gasteiger partial charge in [-0.2, -0.15) is 0 Å². The van der Waals surface area contributed by atoms with Crippen LogP contribution in [0.15, 0.2) is 114 Å². The molecule has 4 aromatic carbocycles. The molecule has 0 aliphatic carbocycles. The number of nitrogens with zero attached hydrogens (tertiary/aromatic N) is 4. The first kappa shape index (κ1) is 37.5. The number of benzene rings is 4. The maximum atomic E-state index is 8.06. The summed E-state index contributed by atoms with van der Waals surface area (Å²) in [5.74, 6) is 0.883. The van der Waals surface area contributed by atoms with E-state index in [0.29, 0.717) is 45.1 Å². The summed E-state index contributed by atoms with van der Waals surface area (Å²) in [5.41, 5.74) is 10.8. The normalized spacial score (nSPS) is 13.9. The smallest absolute Gasteiger partial charge is 0.147 e. The van der Waals surface area contributed by atoms with Crippen LogP contribution in [0, 0.1) is 25.8 Å². The molecule has 8 aromatic rings. The second-order valence-electron chi connectivity index (χ2n) is 18.9. The van der Waals surface area contributed by atoms with Crippen LogP contribution >= 0.6 is 0 Å². The van der Waals surface area contributed by atoms with Crippen molar-refractivity contribution in [2.75, 3.05) is 0 Å². The van der Waals surface area contributed by atoms with Crippen molar-refractivity contribution in [1.29, 1.82) is 0 Å². The third-order valence-electron chi connectivity index (χ3n) is 10.8. The zero-order chi connectivity index (χ0) is 48.1. The molecule has 0 amide bonds. The van der Waals surface area contributed by atoms with Gasteiger partial charge in [0.05, 0.1) is 11.4 Å². The van der Waals surface area contributed by atoms with Gasteiger partial charge in [-0.1, -0.05) is 166 Å². The predicted molar refractivity (Wildman–Crippen MR) is 250 cm³/mol. The van der Waals surface area contributed by atoms with Crippen LogP contribution in [0.4, 0.5) is 0 Å². The molecule has 0 bridgehead atoms. The molecular weight excluding hydrogens is 925 g/mol. The van der Waals surface area contributed by atoms with Crippen molar-refractivity contribution in [3.8, 4) is 45.0 Å². The van der Waals surface area contributed by atoms with Crippen molar-refractivity contribution >= 4 is 21.9 Å². The van der Waals surface area contributed by atoms with Gasteiger partial charge in [-0.25, -0.2) is 4.98 Å². The summed E-state index contributed by atoms with van der Waals surface area (Å²) in [6.45, 7) is 19.1. The number of furan rings is 1. The Bertz CT molecular complexity index is 3010. The van der Waals surface area contributed by atoms with Crippen LogP contribution in [0.5, 0.6) is 0 Å². The molecule has 0 aliphatic heterocycles. The minimum absolute atomic E-state index is 0. The number of fused-ring (bicyclic) bond motifs is 3. The molecule has 0 fully saturated rings. The number of hydrogen-bond donors (Lipinski definition) is 0. The van der Waals surface area contributed by atoms with Crippen molar-refractivity contribution in [1.82, 2.24) is 19.9 Å². The Morgan fingerprint density at radius 3 is 1.97 bits per heavy atom. The summed E-state index contributed by atoms with van der Waals surface area (Å²) < 4.78 is 54.4. The summed E-state index contributed by atoms with van der Waals surface area (Å²) >= 11 is 0. The number of aryl methyl sites for hydroxylation is 2. The summed E-state index contributed by atoms with van der Waals surface area (Å²) in [5, 5.41) is 1.53. The molecule has 6 heteroatoms. The zero-order valence-electron chi connectivity index (χ0n) is 43.0. The van der Waals surface area contributed by atoms with Gasteiger partial charge in [-0.15, -0.1) is 47.5 Å². The SMILES string of the molecule is [2H]C([2H])([2H])c1c[c-]c(-c2ncc(C(C)C)c(C(C)(C)C)n2)cc1-c1ccccc1.[2H]C([2H])([2H])c1cc2c(oc3c(-c4ccc(C(C)(C)C)cn4)[c-]ccc32)c(-c2ccc(C(C)(C)C)cc2)n1.[Ir]. The number of hydrogen-bond acceptors (Lipinski definition) is 5. The Balaban J connectivity index is 0.000000224. The maximum Gasteiger partial charge on any atom is 0.147 e. The largest absolute Gasteiger partial charge is 0.498 e. The molecule has 0 spiro atoms. The molecule has 0 atom stereocenters. The first-order valence-corrected chi connectivity index (χ1v) is 20.6. The summed E-state index contributed by atoms with van der Waals surface area (Å²) in [6, 6.07) is 36.9. The van der Waals surface area contributed by atoms with Crippen molar-refractivity contribution in [2.45, 2.75) is 112 Å². The molecule has 0 saturated heterocycles. The number of pyridine rings is 2. The minimum atomic E-state index is -2.36. The van der Waals surface area contributed by atoms with Gasteiger partial charge in [0, 0.05) is 68.5 Å². The van der Waals surface area contributed by atoms with E-state index >= 15 is 0 Å². The van der Waals surface area contributed by atoms with Crippen LogP contribution in [0.25, 0.3) is 67.0 Å². The van der Waals surface area contributed by atoms with Crippen LogP contribution in [0.2, 0.25) is 0 Å². The molecule has 4 heterocycles. The van der Waals surface area contributed by atoms with Crippen LogP contribution in [0.1, 0.15) is 124 Å². The maximum absolute atomic E-state index is 8.06. The van der Waals surface area contributed by atoms with Crippen molar-refractivity contribution < 1.29 is 32.7 Å². The van der Waals surface area contributed by atoms with Crippen molar-refractivity contribution in [3.63, 3.8) is 0 Å². The van der Waals surface area contributed by atoms with Gasteiger partial charge in [0.2, 0.25) is 0 Å². The average Bonchev–Trinajstić information content (AvgIpc) is 3.64. The van der Waals surface area contributed by atoms with Gasteiger partial charge >= 0.3 is 0 Å². The third-order valence-corrected chi connectivity index (χ3v) is 10.8. The molecular formula is C55H58IrN4O-2. The van der Waals surface area contributed by atoms with Gasteiger partial charge in [0.15, 0.2) is 0 Å². The predicted octanol–water partition coefficient (Wildman–Crippen LogP) is 14.8. The second-order valence-corrected chi connectivity index (χ2v) is 18.9. The van der Waals surface area contributed by atoms with Gasteiger partial charge in [0.1, 0.15) is 11.3 Å². The number of rotatable bonds is 5. The summed E-state index contributed by atoms with van der Waals surface area (Å²) in [4.78, 5) is 18.8.